The number of furan rings is 1. The molecule has 1 aromatic heterocycles. The summed E-state index contributed by atoms with van der Waals surface area (Å²) in [6.45, 7) is 1.40. The van der Waals surface area contributed by atoms with Crippen molar-refractivity contribution in [3.8, 4) is 0 Å². The van der Waals surface area contributed by atoms with Gasteiger partial charge in [-0.25, -0.2) is 4.90 Å². The first-order valence-corrected chi connectivity index (χ1v) is 9.06. The fraction of sp³-hybridized carbons (Fsp3) is 0.300. The average Bonchev–Trinajstić information content (AvgIpc) is 3.24. The third kappa shape index (κ3) is 3.28. The van der Waals surface area contributed by atoms with Crippen molar-refractivity contribution in [3.63, 3.8) is 0 Å². The maximum atomic E-state index is 13.0. The normalized spacial score (nSPS) is 19.0. The quantitative estimate of drug-likeness (QED) is 0.800. The van der Waals surface area contributed by atoms with Gasteiger partial charge in [0.2, 0.25) is 11.8 Å². The SMILES string of the molecule is CC(=O)Nc1ccc(N2C(=O)CC(N(C(=O)c3ccco3)C3CC3)C2=O)cc1. The number of carbonyl (C=O) groups excluding carboxylic acids is 4. The second-order valence-electron chi connectivity index (χ2n) is 6.94. The summed E-state index contributed by atoms with van der Waals surface area (Å²) in [5.74, 6) is -1.21. The van der Waals surface area contributed by atoms with E-state index in [-0.39, 0.29) is 35.9 Å². The number of imide groups is 1. The molecule has 4 rings (SSSR count). The summed E-state index contributed by atoms with van der Waals surface area (Å²) in [7, 11) is 0. The summed E-state index contributed by atoms with van der Waals surface area (Å²) in [4.78, 5) is 52.2. The zero-order chi connectivity index (χ0) is 19.8. The molecule has 1 atom stereocenters. The number of anilines is 2. The van der Waals surface area contributed by atoms with E-state index in [0.717, 1.165) is 17.7 Å². The molecule has 2 fully saturated rings. The Bertz CT molecular complexity index is 931. The fourth-order valence-corrected chi connectivity index (χ4v) is 3.44. The van der Waals surface area contributed by atoms with Crippen LogP contribution in [-0.4, -0.2) is 40.6 Å². The molecule has 8 heteroatoms. The molecule has 1 unspecified atom stereocenters. The van der Waals surface area contributed by atoms with E-state index in [9.17, 15) is 19.2 Å². The Morgan fingerprint density at radius 1 is 1.14 bits per heavy atom. The van der Waals surface area contributed by atoms with Gasteiger partial charge in [-0.3, -0.25) is 19.2 Å². The molecule has 144 valence electrons. The van der Waals surface area contributed by atoms with Crippen molar-refractivity contribution in [2.24, 2.45) is 0 Å². The van der Waals surface area contributed by atoms with Gasteiger partial charge in [-0.1, -0.05) is 0 Å². The van der Waals surface area contributed by atoms with E-state index in [0.29, 0.717) is 11.4 Å². The largest absolute Gasteiger partial charge is 0.459 e. The van der Waals surface area contributed by atoms with E-state index >= 15 is 0 Å². The van der Waals surface area contributed by atoms with E-state index < -0.39 is 11.9 Å². The van der Waals surface area contributed by atoms with Crippen molar-refractivity contribution < 1.29 is 23.6 Å². The highest BCUT2D eigenvalue weighted by Gasteiger charge is 2.49. The van der Waals surface area contributed by atoms with Crippen LogP contribution in [0.1, 0.15) is 36.7 Å². The van der Waals surface area contributed by atoms with Crippen LogP contribution in [0.4, 0.5) is 11.4 Å². The van der Waals surface area contributed by atoms with Crippen LogP contribution < -0.4 is 10.2 Å². The van der Waals surface area contributed by atoms with Gasteiger partial charge in [0.15, 0.2) is 5.76 Å². The Labute approximate surface area is 161 Å². The maximum Gasteiger partial charge on any atom is 0.290 e. The van der Waals surface area contributed by atoms with Crippen molar-refractivity contribution in [1.82, 2.24) is 4.90 Å². The standard InChI is InChI=1S/C20H19N3O5/c1-12(24)21-13-4-6-15(7-5-13)23-18(25)11-16(19(23)26)22(14-8-9-14)20(27)17-3-2-10-28-17/h2-7,10,14,16H,8-9,11H2,1H3,(H,21,24). The first-order valence-electron chi connectivity index (χ1n) is 9.06. The van der Waals surface area contributed by atoms with Gasteiger partial charge in [0.05, 0.1) is 18.4 Å². The van der Waals surface area contributed by atoms with Gasteiger partial charge in [-0.05, 0) is 49.2 Å². The van der Waals surface area contributed by atoms with Gasteiger partial charge >= 0.3 is 0 Å². The molecule has 0 bridgehead atoms. The molecular weight excluding hydrogens is 362 g/mol. The number of benzene rings is 1. The molecule has 28 heavy (non-hydrogen) atoms. The smallest absolute Gasteiger partial charge is 0.290 e. The van der Waals surface area contributed by atoms with Crippen LogP contribution in [0, 0.1) is 0 Å². The van der Waals surface area contributed by atoms with Crippen LogP contribution >= 0.6 is 0 Å². The van der Waals surface area contributed by atoms with Crippen molar-refractivity contribution in [3.05, 3.63) is 48.4 Å². The van der Waals surface area contributed by atoms with Crippen LogP contribution in [0.25, 0.3) is 0 Å². The minimum Gasteiger partial charge on any atom is -0.459 e. The molecule has 0 radical (unpaired) electrons. The molecule has 1 aliphatic carbocycles. The van der Waals surface area contributed by atoms with Crippen LogP contribution in [0.2, 0.25) is 0 Å². The summed E-state index contributed by atoms with van der Waals surface area (Å²) in [6.07, 6.45) is 2.95. The van der Waals surface area contributed by atoms with E-state index in [2.05, 4.69) is 5.32 Å². The zero-order valence-electron chi connectivity index (χ0n) is 15.3. The lowest BCUT2D eigenvalue weighted by atomic mass is 10.2. The molecule has 8 nitrogen and oxygen atoms in total. The van der Waals surface area contributed by atoms with Crippen molar-refractivity contribution in [1.29, 1.82) is 0 Å². The fourth-order valence-electron chi connectivity index (χ4n) is 3.44. The number of hydrogen-bond acceptors (Lipinski definition) is 5. The average molecular weight is 381 g/mol. The third-order valence-electron chi connectivity index (χ3n) is 4.81. The van der Waals surface area contributed by atoms with Crippen LogP contribution in [0.15, 0.2) is 47.1 Å². The highest BCUT2D eigenvalue weighted by atomic mass is 16.3. The van der Waals surface area contributed by atoms with Crippen molar-refractivity contribution in [2.75, 3.05) is 10.2 Å². The predicted molar refractivity (Wildman–Crippen MR) is 99.5 cm³/mol. The van der Waals surface area contributed by atoms with E-state index in [1.165, 1.54) is 18.1 Å². The van der Waals surface area contributed by atoms with Crippen LogP contribution in [-0.2, 0) is 14.4 Å². The molecule has 1 saturated carbocycles. The predicted octanol–water partition coefficient (Wildman–Crippen LogP) is 2.17. The minimum atomic E-state index is -0.840. The van der Waals surface area contributed by atoms with Crippen molar-refractivity contribution >= 4 is 35.0 Å². The highest BCUT2D eigenvalue weighted by molar-refractivity contribution is 6.23. The Balaban J connectivity index is 1.57. The Kier molecular flexibility index (Phi) is 4.46. The molecule has 1 saturated heterocycles. The maximum absolute atomic E-state index is 13.0. The molecule has 2 aliphatic rings. The first kappa shape index (κ1) is 18.0. The van der Waals surface area contributed by atoms with Gasteiger partial charge in [0.1, 0.15) is 6.04 Å². The van der Waals surface area contributed by atoms with Gasteiger partial charge < -0.3 is 14.6 Å². The Morgan fingerprint density at radius 2 is 1.86 bits per heavy atom. The Hall–Kier alpha value is -3.42. The van der Waals surface area contributed by atoms with Gasteiger partial charge in [-0.15, -0.1) is 0 Å². The van der Waals surface area contributed by atoms with E-state index in [1.54, 1.807) is 36.4 Å². The van der Waals surface area contributed by atoms with E-state index in [1.807, 2.05) is 0 Å². The molecule has 1 N–H and O–H groups in total. The number of carbonyl (C=O) groups is 4. The molecule has 2 heterocycles. The topological polar surface area (TPSA) is 99.9 Å². The summed E-state index contributed by atoms with van der Waals surface area (Å²) >= 11 is 0. The highest BCUT2D eigenvalue weighted by Crippen LogP contribution is 2.35. The molecule has 1 aliphatic heterocycles. The lowest BCUT2D eigenvalue weighted by Crippen LogP contribution is -2.46. The number of nitrogens with zero attached hydrogens (tertiary/aromatic N) is 2. The summed E-state index contributed by atoms with van der Waals surface area (Å²) in [6, 6.07) is 8.71. The van der Waals surface area contributed by atoms with E-state index in [4.69, 9.17) is 4.42 Å². The van der Waals surface area contributed by atoms with Crippen LogP contribution in [0.3, 0.4) is 0 Å². The zero-order valence-corrected chi connectivity index (χ0v) is 15.3. The Morgan fingerprint density at radius 3 is 2.43 bits per heavy atom. The lowest BCUT2D eigenvalue weighted by Gasteiger charge is -2.26. The number of hydrogen-bond donors (Lipinski definition) is 1. The van der Waals surface area contributed by atoms with Crippen molar-refractivity contribution in [2.45, 2.75) is 38.3 Å². The monoisotopic (exact) mass is 381 g/mol. The van der Waals surface area contributed by atoms with Gasteiger partial charge in [0.25, 0.3) is 11.8 Å². The lowest BCUT2D eigenvalue weighted by molar-refractivity contribution is -0.122. The van der Waals surface area contributed by atoms with Gasteiger partial charge in [-0.2, -0.15) is 0 Å². The molecule has 0 spiro atoms. The summed E-state index contributed by atoms with van der Waals surface area (Å²) in [5, 5.41) is 2.64. The third-order valence-corrected chi connectivity index (χ3v) is 4.81. The number of nitrogens with one attached hydrogen (secondary N) is 1. The number of amides is 4. The molecule has 4 amide bonds. The molecular formula is C20H19N3O5. The second-order valence-corrected chi connectivity index (χ2v) is 6.94. The first-order chi connectivity index (χ1) is 13.5. The molecule has 2 aromatic rings. The molecule has 1 aromatic carbocycles. The summed E-state index contributed by atoms with van der Waals surface area (Å²) < 4.78 is 5.20. The van der Waals surface area contributed by atoms with Gasteiger partial charge in [0, 0.05) is 18.7 Å². The minimum absolute atomic E-state index is 0.0542. The number of rotatable bonds is 5. The van der Waals surface area contributed by atoms with Crippen LogP contribution in [0.5, 0.6) is 0 Å². The second kappa shape index (κ2) is 6.95. The summed E-state index contributed by atoms with van der Waals surface area (Å²) in [5.41, 5.74) is 0.979.